The van der Waals surface area contributed by atoms with Gasteiger partial charge in [0.15, 0.2) is 5.96 Å². The first kappa shape index (κ1) is 23.1. The number of rotatable bonds is 7. The topological polar surface area (TPSA) is 72.9 Å². The largest absolute Gasteiger partial charge is 0.357 e. The van der Waals surface area contributed by atoms with Gasteiger partial charge >= 0.3 is 0 Å². The number of thiazole rings is 1. The number of nitrogens with zero attached hydrogens (tertiary/aromatic N) is 4. The molecule has 1 amide bonds. The van der Waals surface area contributed by atoms with Crippen molar-refractivity contribution in [1.29, 1.82) is 0 Å². The highest BCUT2D eigenvalue weighted by atomic mass is 127. The minimum absolute atomic E-state index is 0. The van der Waals surface area contributed by atoms with E-state index in [-0.39, 0.29) is 29.9 Å². The summed E-state index contributed by atoms with van der Waals surface area (Å²) in [4.78, 5) is 25.9. The van der Waals surface area contributed by atoms with Gasteiger partial charge in [-0.15, -0.1) is 35.3 Å². The molecule has 0 aliphatic carbocycles. The zero-order valence-electron chi connectivity index (χ0n) is 16.0. The summed E-state index contributed by atoms with van der Waals surface area (Å²) in [6.07, 6.45) is 2.83. The number of hydrogen-bond donors (Lipinski definition) is 2. The lowest BCUT2D eigenvalue weighted by atomic mass is 10.3. The molecular weight excluding hydrogens is 463 g/mol. The van der Waals surface area contributed by atoms with Crippen molar-refractivity contribution in [2.75, 3.05) is 52.4 Å². The van der Waals surface area contributed by atoms with Gasteiger partial charge in [0.2, 0.25) is 5.91 Å². The van der Waals surface area contributed by atoms with Gasteiger partial charge in [-0.05, 0) is 13.8 Å². The van der Waals surface area contributed by atoms with Crippen molar-refractivity contribution < 1.29 is 4.79 Å². The highest BCUT2D eigenvalue weighted by Crippen LogP contribution is 2.10. The third-order valence-electron chi connectivity index (χ3n) is 4.15. The highest BCUT2D eigenvalue weighted by molar-refractivity contribution is 14.0. The smallest absolute Gasteiger partial charge is 0.219 e. The molecule has 1 aliphatic rings. The quantitative estimate of drug-likeness (QED) is 0.340. The molecule has 2 N–H and O–H groups in total. The van der Waals surface area contributed by atoms with Gasteiger partial charge in [0.05, 0.1) is 11.6 Å². The van der Waals surface area contributed by atoms with Crippen molar-refractivity contribution in [3.8, 4) is 0 Å². The van der Waals surface area contributed by atoms with Crippen molar-refractivity contribution in [2.24, 2.45) is 4.99 Å². The Kier molecular flexibility index (Phi) is 11.1. The van der Waals surface area contributed by atoms with Gasteiger partial charge in [0.25, 0.3) is 0 Å². The molecule has 0 aromatic carbocycles. The Morgan fingerprint density at radius 3 is 2.62 bits per heavy atom. The van der Waals surface area contributed by atoms with Gasteiger partial charge in [-0.2, -0.15) is 0 Å². The van der Waals surface area contributed by atoms with Gasteiger partial charge in [0, 0.05) is 70.2 Å². The first-order valence-electron chi connectivity index (χ1n) is 9.00. The lowest BCUT2D eigenvalue weighted by Crippen LogP contribution is -2.48. The molecule has 0 unspecified atom stereocenters. The number of piperazine rings is 1. The van der Waals surface area contributed by atoms with E-state index in [4.69, 9.17) is 0 Å². The van der Waals surface area contributed by atoms with E-state index in [2.05, 4.69) is 39.4 Å². The number of aryl methyl sites for hydroxylation is 1. The van der Waals surface area contributed by atoms with E-state index < -0.39 is 0 Å². The van der Waals surface area contributed by atoms with Crippen molar-refractivity contribution in [1.82, 2.24) is 25.4 Å². The molecule has 9 heteroatoms. The number of hydrogen-bond acceptors (Lipinski definition) is 5. The Hall–Kier alpha value is -0.940. The van der Waals surface area contributed by atoms with Crippen LogP contribution in [0.2, 0.25) is 0 Å². The van der Waals surface area contributed by atoms with Crippen LogP contribution in [0, 0.1) is 6.92 Å². The summed E-state index contributed by atoms with van der Waals surface area (Å²) < 4.78 is 0. The van der Waals surface area contributed by atoms with E-state index in [9.17, 15) is 4.79 Å². The molecule has 26 heavy (non-hydrogen) atoms. The summed E-state index contributed by atoms with van der Waals surface area (Å²) in [5, 5.41) is 7.81. The Labute approximate surface area is 177 Å². The molecule has 148 valence electrons. The maximum Gasteiger partial charge on any atom is 0.219 e. The predicted octanol–water partition coefficient (Wildman–Crippen LogP) is 1.33. The van der Waals surface area contributed by atoms with Gasteiger partial charge in [-0.3, -0.25) is 14.7 Å². The van der Waals surface area contributed by atoms with Crippen molar-refractivity contribution in [2.45, 2.75) is 27.2 Å². The Morgan fingerprint density at radius 2 is 2.04 bits per heavy atom. The summed E-state index contributed by atoms with van der Waals surface area (Å²) in [7, 11) is 0. The number of guanidine groups is 1. The average molecular weight is 494 g/mol. The van der Waals surface area contributed by atoms with E-state index in [0.29, 0.717) is 0 Å². The molecule has 1 aromatic heterocycles. The molecular formula is C17H31IN6OS. The van der Waals surface area contributed by atoms with E-state index in [1.807, 2.05) is 11.1 Å². The van der Waals surface area contributed by atoms with Crippen LogP contribution in [0.1, 0.15) is 23.7 Å². The lowest BCUT2D eigenvalue weighted by Gasteiger charge is -2.33. The summed E-state index contributed by atoms with van der Waals surface area (Å²) in [5.74, 6) is 1.03. The number of nitrogens with one attached hydrogen (secondary N) is 2. The zero-order valence-corrected chi connectivity index (χ0v) is 19.1. The molecule has 1 fully saturated rings. The van der Waals surface area contributed by atoms with Gasteiger partial charge < -0.3 is 15.5 Å². The third kappa shape index (κ3) is 8.17. The van der Waals surface area contributed by atoms with E-state index in [0.717, 1.165) is 69.7 Å². The van der Waals surface area contributed by atoms with Crippen LogP contribution < -0.4 is 10.6 Å². The van der Waals surface area contributed by atoms with Gasteiger partial charge in [-0.25, -0.2) is 4.98 Å². The zero-order chi connectivity index (χ0) is 18.1. The number of carbonyl (C=O) groups is 1. The minimum Gasteiger partial charge on any atom is -0.357 e. The molecule has 0 atom stereocenters. The fourth-order valence-corrected chi connectivity index (χ4v) is 3.52. The summed E-state index contributed by atoms with van der Waals surface area (Å²) in [6, 6.07) is 0. The molecule has 0 spiro atoms. The van der Waals surface area contributed by atoms with Gasteiger partial charge in [0.1, 0.15) is 0 Å². The second kappa shape index (κ2) is 12.4. The van der Waals surface area contributed by atoms with Crippen LogP contribution in [0.15, 0.2) is 11.2 Å². The minimum atomic E-state index is 0. The number of amides is 1. The predicted molar refractivity (Wildman–Crippen MR) is 119 cm³/mol. The standard InChI is InChI=1S/C17H30N6OS.HI/c1-4-18-17(19-6-5-16-21-13-14(2)25-16)20-7-8-22-9-11-23(12-10-22)15(3)24;/h13H,4-12H2,1-3H3,(H2,18,19,20);1H. The lowest BCUT2D eigenvalue weighted by molar-refractivity contribution is -0.130. The van der Waals surface area contributed by atoms with Crippen LogP contribution in [0.25, 0.3) is 0 Å². The van der Waals surface area contributed by atoms with Crippen LogP contribution in [-0.4, -0.2) is 79.0 Å². The van der Waals surface area contributed by atoms with Crippen LogP contribution in [0.4, 0.5) is 0 Å². The van der Waals surface area contributed by atoms with Crippen molar-refractivity contribution in [3.05, 3.63) is 16.1 Å². The van der Waals surface area contributed by atoms with Crippen LogP contribution >= 0.6 is 35.3 Å². The summed E-state index contributed by atoms with van der Waals surface area (Å²) >= 11 is 1.75. The monoisotopic (exact) mass is 494 g/mol. The number of aromatic nitrogens is 1. The van der Waals surface area contributed by atoms with Crippen LogP contribution in [0.3, 0.4) is 0 Å². The van der Waals surface area contributed by atoms with Crippen LogP contribution in [-0.2, 0) is 11.2 Å². The maximum atomic E-state index is 11.4. The first-order chi connectivity index (χ1) is 12.1. The number of carbonyl (C=O) groups excluding carboxylic acids is 1. The normalized spacial score (nSPS) is 15.5. The van der Waals surface area contributed by atoms with E-state index in [1.165, 1.54) is 4.88 Å². The highest BCUT2D eigenvalue weighted by Gasteiger charge is 2.17. The molecule has 2 heterocycles. The van der Waals surface area contributed by atoms with Crippen molar-refractivity contribution >= 4 is 47.2 Å². The SMILES string of the molecule is CCNC(=NCCN1CCN(C(C)=O)CC1)NCCc1ncc(C)s1.I. The average Bonchev–Trinajstić information content (AvgIpc) is 3.00. The van der Waals surface area contributed by atoms with E-state index in [1.54, 1.807) is 18.3 Å². The van der Waals surface area contributed by atoms with E-state index >= 15 is 0 Å². The molecule has 0 radical (unpaired) electrons. The van der Waals surface area contributed by atoms with Crippen LogP contribution in [0.5, 0.6) is 0 Å². The molecule has 0 saturated carbocycles. The molecule has 7 nitrogen and oxygen atoms in total. The van der Waals surface area contributed by atoms with Crippen molar-refractivity contribution in [3.63, 3.8) is 0 Å². The molecule has 1 saturated heterocycles. The summed E-state index contributed by atoms with van der Waals surface area (Å²) in [6.45, 7) is 12.7. The Morgan fingerprint density at radius 1 is 1.31 bits per heavy atom. The van der Waals surface area contributed by atoms with Gasteiger partial charge in [-0.1, -0.05) is 0 Å². The fourth-order valence-electron chi connectivity index (χ4n) is 2.74. The Balaban J connectivity index is 0.00000338. The Bertz CT molecular complexity index is 571. The second-order valence-corrected chi connectivity index (χ2v) is 7.47. The summed E-state index contributed by atoms with van der Waals surface area (Å²) in [5.41, 5.74) is 0. The molecule has 1 aromatic rings. The third-order valence-corrected chi connectivity index (χ3v) is 5.12. The number of aliphatic imine (C=N–C) groups is 1. The fraction of sp³-hybridized carbons (Fsp3) is 0.706. The molecule has 1 aliphatic heterocycles. The second-order valence-electron chi connectivity index (χ2n) is 6.15. The first-order valence-corrected chi connectivity index (χ1v) is 9.81. The maximum absolute atomic E-state index is 11.4. The molecule has 0 bridgehead atoms. The number of halogens is 1. The molecule has 2 rings (SSSR count).